The number of likely N-dealkylation sites (N-methyl/N-ethyl adjacent to an activating group) is 1. The molecule has 0 spiro atoms. The first kappa shape index (κ1) is 18.7. The van der Waals surface area contributed by atoms with Crippen LogP contribution in [0.4, 0.5) is 0 Å². The van der Waals surface area contributed by atoms with Gasteiger partial charge in [-0.3, -0.25) is 0 Å². The quantitative estimate of drug-likeness (QED) is 0.447. The fourth-order valence-corrected chi connectivity index (χ4v) is 3.25. The van der Waals surface area contributed by atoms with E-state index < -0.39 is 0 Å². The Bertz CT molecular complexity index is 364. The molecule has 1 unspecified atom stereocenters. The zero-order valence-corrected chi connectivity index (χ0v) is 15.4. The highest BCUT2D eigenvalue weighted by Gasteiger charge is 2.08. The molecule has 0 saturated heterocycles. The Labute approximate surface area is 140 Å². The molecule has 2 heteroatoms. The van der Waals surface area contributed by atoms with Crippen molar-refractivity contribution >= 4 is 15.9 Å². The van der Waals surface area contributed by atoms with E-state index in [1.165, 1.54) is 67.8 Å². The van der Waals surface area contributed by atoms with Gasteiger partial charge in [0, 0.05) is 10.5 Å². The SMILES string of the molecule is CCCCCCCCCCC(Cc1ccccc1Br)NC. The standard InChI is InChI=1S/C19H32BrN/c1-3-4-5-6-7-8-9-10-14-18(21-2)16-17-13-11-12-15-19(17)20/h11-13,15,18,21H,3-10,14,16H2,1-2H3. The van der Waals surface area contributed by atoms with Crippen molar-refractivity contribution in [2.24, 2.45) is 0 Å². The van der Waals surface area contributed by atoms with Crippen molar-refractivity contribution in [2.75, 3.05) is 7.05 Å². The fraction of sp³-hybridized carbons (Fsp3) is 0.684. The van der Waals surface area contributed by atoms with Gasteiger partial charge in [0.2, 0.25) is 0 Å². The Balaban J connectivity index is 2.13. The molecule has 0 aliphatic heterocycles. The lowest BCUT2D eigenvalue weighted by molar-refractivity contribution is 0.477. The summed E-state index contributed by atoms with van der Waals surface area (Å²) >= 11 is 3.65. The number of halogens is 1. The van der Waals surface area contributed by atoms with Crippen LogP contribution in [0, 0.1) is 0 Å². The molecule has 1 N–H and O–H groups in total. The number of hydrogen-bond donors (Lipinski definition) is 1. The van der Waals surface area contributed by atoms with Gasteiger partial charge in [0.25, 0.3) is 0 Å². The van der Waals surface area contributed by atoms with Gasteiger partial charge in [-0.2, -0.15) is 0 Å². The van der Waals surface area contributed by atoms with Crippen LogP contribution in [0.15, 0.2) is 28.7 Å². The predicted molar refractivity (Wildman–Crippen MR) is 97.9 cm³/mol. The summed E-state index contributed by atoms with van der Waals surface area (Å²) in [4.78, 5) is 0. The van der Waals surface area contributed by atoms with Crippen molar-refractivity contribution in [1.29, 1.82) is 0 Å². The zero-order chi connectivity index (χ0) is 15.3. The third-order valence-electron chi connectivity index (χ3n) is 4.24. The molecule has 0 saturated carbocycles. The monoisotopic (exact) mass is 353 g/mol. The molecule has 1 nitrogen and oxygen atoms in total. The minimum Gasteiger partial charge on any atom is -0.317 e. The van der Waals surface area contributed by atoms with Crippen LogP contribution in [0.1, 0.15) is 70.3 Å². The number of nitrogens with one attached hydrogen (secondary N) is 1. The van der Waals surface area contributed by atoms with Crippen molar-refractivity contribution in [3.05, 3.63) is 34.3 Å². The normalized spacial score (nSPS) is 12.5. The third kappa shape index (κ3) is 8.63. The molecule has 0 aliphatic rings. The maximum atomic E-state index is 3.65. The Hall–Kier alpha value is -0.340. The maximum absolute atomic E-state index is 3.65. The first-order valence-electron chi connectivity index (χ1n) is 8.68. The van der Waals surface area contributed by atoms with E-state index in [9.17, 15) is 0 Å². The van der Waals surface area contributed by atoms with Crippen LogP contribution in [0.2, 0.25) is 0 Å². The van der Waals surface area contributed by atoms with Crippen LogP contribution >= 0.6 is 15.9 Å². The number of benzene rings is 1. The Morgan fingerprint density at radius 2 is 1.57 bits per heavy atom. The molecule has 0 aliphatic carbocycles. The summed E-state index contributed by atoms with van der Waals surface area (Å²) in [6.07, 6.45) is 13.6. The molecule has 1 atom stereocenters. The van der Waals surface area contributed by atoms with Crippen molar-refractivity contribution in [3.63, 3.8) is 0 Å². The van der Waals surface area contributed by atoms with Gasteiger partial charge in [-0.05, 0) is 31.5 Å². The summed E-state index contributed by atoms with van der Waals surface area (Å²) in [5.74, 6) is 0. The molecule has 1 aromatic rings. The summed E-state index contributed by atoms with van der Waals surface area (Å²) in [5, 5.41) is 3.48. The smallest absolute Gasteiger partial charge is 0.0207 e. The van der Waals surface area contributed by atoms with Gasteiger partial charge < -0.3 is 5.32 Å². The molecule has 120 valence electrons. The van der Waals surface area contributed by atoms with Gasteiger partial charge in [0.1, 0.15) is 0 Å². The van der Waals surface area contributed by atoms with Crippen molar-refractivity contribution in [3.8, 4) is 0 Å². The van der Waals surface area contributed by atoms with Crippen molar-refractivity contribution < 1.29 is 0 Å². The number of rotatable bonds is 12. The Morgan fingerprint density at radius 1 is 0.952 bits per heavy atom. The number of hydrogen-bond acceptors (Lipinski definition) is 1. The highest BCUT2D eigenvalue weighted by molar-refractivity contribution is 9.10. The molecule has 21 heavy (non-hydrogen) atoms. The van der Waals surface area contributed by atoms with Gasteiger partial charge in [0.15, 0.2) is 0 Å². The van der Waals surface area contributed by atoms with E-state index in [4.69, 9.17) is 0 Å². The summed E-state index contributed by atoms with van der Waals surface area (Å²) in [5.41, 5.74) is 1.41. The molecule has 0 amide bonds. The molecule has 1 rings (SSSR count). The summed E-state index contributed by atoms with van der Waals surface area (Å²) in [6, 6.07) is 9.17. The number of unbranched alkanes of at least 4 members (excludes halogenated alkanes) is 7. The summed E-state index contributed by atoms with van der Waals surface area (Å²) < 4.78 is 1.24. The molecular formula is C19H32BrN. The first-order valence-corrected chi connectivity index (χ1v) is 9.48. The average molecular weight is 354 g/mol. The van der Waals surface area contributed by atoms with Crippen LogP contribution in [-0.2, 0) is 6.42 Å². The predicted octanol–water partition coefficient (Wildman–Crippen LogP) is 6.11. The molecule has 0 bridgehead atoms. The van der Waals surface area contributed by atoms with E-state index in [0.717, 1.165) is 6.42 Å². The lowest BCUT2D eigenvalue weighted by atomic mass is 9.99. The third-order valence-corrected chi connectivity index (χ3v) is 5.01. The lowest BCUT2D eigenvalue weighted by Crippen LogP contribution is -2.27. The summed E-state index contributed by atoms with van der Waals surface area (Å²) in [6.45, 7) is 2.28. The highest BCUT2D eigenvalue weighted by Crippen LogP contribution is 2.19. The zero-order valence-electron chi connectivity index (χ0n) is 13.8. The molecule has 0 heterocycles. The van der Waals surface area contributed by atoms with Crippen LogP contribution < -0.4 is 5.32 Å². The van der Waals surface area contributed by atoms with Gasteiger partial charge in [0.05, 0.1) is 0 Å². The van der Waals surface area contributed by atoms with E-state index in [1.54, 1.807) is 0 Å². The molecule has 0 aromatic heterocycles. The average Bonchev–Trinajstić information content (AvgIpc) is 2.50. The molecule has 1 aromatic carbocycles. The van der Waals surface area contributed by atoms with E-state index in [2.05, 4.69) is 59.5 Å². The topological polar surface area (TPSA) is 12.0 Å². The Kier molecular flexibility index (Phi) is 10.9. The van der Waals surface area contributed by atoms with Gasteiger partial charge >= 0.3 is 0 Å². The van der Waals surface area contributed by atoms with Gasteiger partial charge in [-0.25, -0.2) is 0 Å². The fourth-order valence-electron chi connectivity index (χ4n) is 2.80. The van der Waals surface area contributed by atoms with Crippen molar-refractivity contribution in [2.45, 2.75) is 77.2 Å². The van der Waals surface area contributed by atoms with Crippen LogP contribution in [0.5, 0.6) is 0 Å². The summed E-state index contributed by atoms with van der Waals surface area (Å²) in [7, 11) is 2.09. The van der Waals surface area contributed by atoms with Crippen LogP contribution in [0.25, 0.3) is 0 Å². The van der Waals surface area contributed by atoms with E-state index in [-0.39, 0.29) is 0 Å². The molecule has 0 radical (unpaired) electrons. The van der Waals surface area contributed by atoms with Gasteiger partial charge in [-0.1, -0.05) is 92.4 Å². The van der Waals surface area contributed by atoms with E-state index in [0.29, 0.717) is 6.04 Å². The second kappa shape index (κ2) is 12.2. The molecule has 0 fully saturated rings. The van der Waals surface area contributed by atoms with Crippen LogP contribution in [-0.4, -0.2) is 13.1 Å². The second-order valence-electron chi connectivity index (χ2n) is 6.04. The lowest BCUT2D eigenvalue weighted by Gasteiger charge is -2.17. The van der Waals surface area contributed by atoms with Gasteiger partial charge in [-0.15, -0.1) is 0 Å². The van der Waals surface area contributed by atoms with E-state index in [1.807, 2.05) is 0 Å². The molecular weight excluding hydrogens is 322 g/mol. The highest BCUT2D eigenvalue weighted by atomic mass is 79.9. The van der Waals surface area contributed by atoms with Crippen molar-refractivity contribution in [1.82, 2.24) is 5.32 Å². The Morgan fingerprint density at radius 3 is 2.19 bits per heavy atom. The minimum atomic E-state index is 0.601. The largest absolute Gasteiger partial charge is 0.317 e. The second-order valence-corrected chi connectivity index (χ2v) is 6.90. The minimum absolute atomic E-state index is 0.601. The van der Waals surface area contributed by atoms with Crippen LogP contribution in [0.3, 0.4) is 0 Å². The maximum Gasteiger partial charge on any atom is 0.0207 e. The van der Waals surface area contributed by atoms with E-state index >= 15 is 0 Å². The first-order chi connectivity index (χ1) is 10.3.